The molecule has 30 heavy (non-hydrogen) atoms. The quantitative estimate of drug-likeness (QED) is 0.466. The molecule has 1 aliphatic heterocycles. The average Bonchev–Trinajstić information content (AvgIpc) is 2.71. The molecule has 1 saturated heterocycles. The number of piperazine rings is 1. The van der Waals surface area contributed by atoms with E-state index < -0.39 is 28.1 Å². The summed E-state index contributed by atoms with van der Waals surface area (Å²) >= 11 is 0. The van der Waals surface area contributed by atoms with Crippen LogP contribution in [0.3, 0.4) is 0 Å². The van der Waals surface area contributed by atoms with Crippen molar-refractivity contribution in [2.75, 3.05) is 7.05 Å². The summed E-state index contributed by atoms with van der Waals surface area (Å²) in [5, 5.41) is 14.1. The van der Waals surface area contributed by atoms with E-state index in [0.717, 1.165) is 0 Å². The van der Waals surface area contributed by atoms with Crippen molar-refractivity contribution in [2.24, 2.45) is 0 Å². The average molecular weight is 409 g/mol. The lowest BCUT2D eigenvalue weighted by molar-refractivity contribution is -0.385. The fourth-order valence-corrected chi connectivity index (χ4v) is 3.49. The first-order valence-electron chi connectivity index (χ1n) is 9.13. The van der Waals surface area contributed by atoms with Crippen molar-refractivity contribution >= 4 is 29.7 Å². The van der Waals surface area contributed by atoms with Crippen molar-refractivity contribution in [3.8, 4) is 0 Å². The molecule has 7 nitrogen and oxygen atoms in total. The molecule has 1 heterocycles. The SMILES string of the molecule is C=Cc1cccc([N+](=O)[O-])c1C=C1C(=O)NC(C)(Cc2ccc(F)cc2)C(=O)N1C. The number of benzene rings is 2. The minimum absolute atomic E-state index is 0.0195. The number of likely N-dealkylation sites (N-methyl/N-ethyl adjacent to an activating group) is 1. The van der Waals surface area contributed by atoms with Gasteiger partial charge in [0.15, 0.2) is 0 Å². The van der Waals surface area contributed by atoms with E-state index in [4.69, 9.17) is 0 Å². The van der Waals surface area contributed by atoms with Gasteiger partial charge in [-0.15, -0.1) is 0 Å². The van der Waals surface area contributed by atoms with Crippen molar-refractivity contribution in [1.29, 1.82) is 0 Å². The number of carbonyl (C=O) groups excluding carboxylic acids is 2. The molecular formula is C22H20FN3O4. The summed E-state index contributed by atoms with van der Waals surface area (Å²) in [6, 6.07) is 10.1. The number of rotatable bonds is 5. The lowest BCUT2D eigenvalue weighted by atomic mass is 9.88. The summed E-state index contributed by atoms with van der Waals surface area (Å²) in [5.41, 5.74) is -0.136. The molecule has 2 aromatic rings. The van der Waals surface area contributed by atoms with Gasteiger partial charge in [-0.1, -0.05) is 36.9 Å². The molecule has 1 aliphatic rings. The number of carbonyl (C=O) groups is 2. The van der Waals surface area contributed by atoms with Crippen LogP contribution in [0.1, 0.15) is 23.6 Å². The lowest BCUT2D eigenvalue weighted by Gasteiger charge is -2.39. The molecule has 0 aliphatic carbocycles. The molecule has 8 heteroatoms. The molecule has 0 saturated carbocycles. The van der Waals surface area contributed by atoms with E-state index in [-0.39, 0.29) is 23.4 Å². The Morgan fingerprint density at radius 1 is 1.23 bits per heavy atom. The molecule has 3 rings (SSSR count). The second-order valence-corrected chi connectivity index (χ2v) is 7.22. The smallest absolute Gasteiger partial charge is 0.277 e. The van der Waals surface area contributed by atoms with Gasteiger partial charge in [0.25, 0.3) is 17.5 Å². The normalized spacial score (nSPS) is 20.2. The maximum Gasteiger partial charge on any atom is 0.277 e. The highest BCUT2D eigenvalue weighted by Crippen LogP contribution is 2.29. The Bertz CT molecular complexity index is 1080. The zero-order valence-electron chi connectivity index (χ0n) is 16.5. The van der Waals surface area contributed by atoms with E-state index >= 15 is 0 Å². The van der Waals surface area contributed by atoms with Crippen LogP contribution in [0, 0.1) is 15.9 Å². The number of amides is 2. The molecule has 2 aromatic carbocycles. The van der Waals surface area contributed by atoms with Gasteiger partial charge in [0.2, 0.25) is 0 Å². The molecule has 1 unspecified atom stereocenters. The predicted octanol–water partition coefficient (Wildman–Crippen LogP) is 3.31. The van der Waals surface area contributed by atoms with E-state index in [1.165, 1.54) is 48.4 Å². The van der Waals surface area contributed by atoms with Gasteiger partial charge in [0, 0.05) is 19.5 Å². The number of nitro groups is 1. The van der Waals surface area contributed by atoms with E-state index in [2.05, 4.69) is 11.9 Å². The van der Waals surface area contributed by atoms with Gasteiger partial charge in [-0.25, -0.2) is 4.39 Å². The van der Waals surface area contributed by atoms with E-state index in [1.807, 2.05) is 0 Å². The summed E-state index contributed by atoms with van der Waals surface area (Å²) in [5.74, 6) is -1.33. The number of nitrogens with zero attached hydrogens (tertiary/aromatic N) is 2. The molecular weight excluding hydrogens is 389 g/mol. The van der Waals surface area contributed by atoms with Crippen LogP contribution in [-0.4, -0.2) is 34.2 Å². The van der Waals surface area contributed by atoms with Crippen molar-refractivity contribution in [3.63, 3.8) is 0 Å². The van der Waals surface area contributed by atoms with Crippen LogP contribution in [0.2, 0.25) is 0 Å². The second-order valence-electron chi connectivity index (χ2n) is 7.22. The van der Waals surface area contributed by atoms with Crippen LogP contribution in [-0.2, 0) is 16.0 Å². The first-order valence-corrected chi connectivity index (χ1v) is 9.13. The Morgan fingerprint density at radius 3 is 2.50 bits per heavy atom. The van der Waals surface area contributed by atoms with Crippen LogP contribution < -0.4 is 5.32 Å². The number of hydrogen-bond acceptors (Lipinski definition) is 4. The Balaban J connectivity index is 1.99. The van der Waals surface area contributed by atoms with Gasteiger partial charge < -0.3 is 10.2 Å². The number of halogens is 1. The molecule has 0 spiro atoms. The third-order valence-electron chi connectivity index (χ3n) is 5.05. The molecule has 154 valence electrons. The minimum atomic E-state index is -1.25. The summed E-state index contributed by atoms with van der Waals surface area (Å²) in [7, 11) is 1.44. The fourth-order valence-electron chi connectivity index (χ4n) is 3.49. The van der Waals surface area contributed by atoms with Gasteiger partial charge >= 0.3 is 0 Å². The van der Waals surface area contributed by atoms with Crippen molar-refractivity contribution in [1.82, 2.24) is 10.2 Å². The molecule has 0 bridgehead atoms. The van der Waals surface area contributed by atoms with Crippen LogP contribution in [0.4, 0.5) is 10.1 Å². The van der Waals surface area contributed by atoms with Crippen molar-refractivity contribution in [3.05, 3.63) is 87.4 Å². The zero-order chi connectivity index (χ0) is 22.1. The maximum absolute atomic E-state index is 13.2. The highest BCUT2D eigenvalue weighted by molar-refractivity contribution is 6.09. The Morgan fingerprint density at radius 2 is 1.90 bits per heavy atom. The van der Waals surface area contributed by atoms with Gasteiger partial charge in [-0.2, -0.15) is 0 Å². The molecule has 1 atom stereocenters. The number of nitro benzene ring substituents is 1. The van der Waals surface area contributed by atoms with Crippen molar-refractivity contribution in [2.45, 2.75) is 18.9 Å². The largest absolute Gasteiger partial charge is 0.336 e. The summed E-state index contributed by atoms with van der Waals surface area (Å²) in [6.45, 7) is 5.24. The Hall–Kier alpha value is -3.81. The maximum atomic E-state index is 13.2. The summed E-state index contributed by atoms with van der Waals surface area (Å²) in [4.78, 5) is 38.0. The van der Waals surface area contributed by atoms with Crippen molar-refractivity contribution < 1.29 is 18.9 Å². The Kier molecular flexibility index (Phi) is 5.51. The standard InChI is InChI=1S/C22H20FN3O4/c1-4-15-6-5-7-18(26(29)30)17(15)12-19-20(27)24-22(2,21(28)25(19)3)13-14-8-10-16(23)11-9-14/h4-12H,1,13H2,2-3H3,(H,24,27). The highest BCUT2D eigenvalue weighted by Gasteiger charge is 2.44. The van der Waals surface area contributed by atoms with E-state index in [9.17, 15) is 24.1 Å². The zero-order valence-corrected chi connectivity index (χ0v) is 16.5. The molecule has 0 aromatic heterocycles. The van der Waals surface area contributed by atoms with Crippen LogP contribution in [0.15, 0.2) is 54.7 Å². The van der Waals surface area contributed by atoms with E-state index in [0.29, 0.717) is 11.1 Å². The van der Waals surface area contributed by atoms with Crippen LogP contribution in [0.5, 0.6) is 0 Å². The highest BCUT2D eigenvalue weighted by atomic mass is 19.1. The van der Waals surface area contributed by atoms with Gasteiger partial charge in [-0.3, -0.25) is 19.7 Å². The second kappa shape index (κ2) is 7.90. The number of nitrogens with one attached hydrogen (secondary N) is 1. The first-order chi connectivity index (χ1) is 14.2. The summed E-state index contributed by atoms with van der Waals surface area (Å²) in [6.07, 6.45) is 2.93. The third kappa shape index (κ3) is 3.84. The topological polar surface area (TPSA) is 92.5 Å². The molecule has 2 amide bonds. The van der Waals surface area contributed by atoms with Crippen LogP contribution >= 0.6 is 0 Å². The Labute approximate surface area is 172 Å². The molecule has 1 fully saturated rings. The fraction of sp³-hybridized carbons (Fsp3) is 0.182. The van der Waals surface area contributed by atoms with Gasteiger partial charge in [0.05, 0.1) is 10.5 Å². The molecule has 0 radical (unpaired) electrons. The van der Waals surface area contributed by atoms with E-state index in [1.54, 1.807) is 25.1 Å². The molecule has 1 N–H and O–H groups in total. The predicted molar refractivity (Wildman–Crippen MR) is 111 cm³/mol. The van der Waals surface area contributed by atoms with Gasteiger partial charge in [0.1, 0.15) is 17.1 Å². The van der Waals surface area contributed by atoms with Gasteiger partial charge in [-0.05, 0) is 36.3 Å². The lowest BCUT2D eigenvalue weighted by Crippen LogP contribution is -2.64. The minimum Gasteiger partial charge on any atom is -0.336 e. The number of hydrogen-bond donors (Lipinski definition) is 1. The first kappa shape index (κ1) is 20.9. The third-order valence-corrected chi connectivity index (χ3v) is 5.05. The van der Waals surface area contributed by atoms with Crippen LogP contribution in [0.25, 0.3) is 12.2 Å². The monoisotopic (exact) mass is 409 g/mol. The summed E-state index contributed by atoms with van der Waals surface area (Å²) < 4.78 is 13.2.